The van der Waals surface area contributed by atoms with Crippen molar-refractivity contribution in [2.75, 3.05) is 14.2 Å². The number of nitrogens with one attached hydrogen (secondary N) is 1. The fourth-order valence-corrected chi connectivity index (χ4v) is 2.48. The van der Waals surface area contributed by atoms with Crippen LogP contribution in [0.4, 0.5) is 5.69 Å². The molecule has 0 aliphatic heterocycles. The van der Waals surface area contributed by atoms with Crippen molar-refractivity contribution in [3.8, 4) is 11.5 Å². The van der Waals surface area contributed by atoms with Gasteiger partial charge in [0.05, 0.1) is 30.9 Å². The van der Waals surface area contributed by atoms with Gasteiger partial charge in [0, 0.05) is 22.2 Å². The van der Waals surface area contributed by atoms with Crippen LogP contribution >= 0.6 is 15.9 Å². The number of nitrogens with zero attached hydrogens (tertiary/aromatic N) is 2. The van der Waals surface area contributed by atoms with E-state index >= 15 is 0 Å². The molecule has 0 saturated heterocycles. The molecule has 2 aromatic carbocycles. The van der Waals surface area contributed by atoms with Crippen LogP contribution in [0.3, 0.4) is 0 Å². The number of ether oxygens (including phenoxy) is 2. The Morgan fingerprint density at radius 3 is 2.52 bits per heavy atom. The smallest absolute Gasteiger partial charge is 0.311 e. The van der Waals surface area contributed by atoms with Crippen LogP contribution in [0, 0.1) is 10.1 Å². The molecule has 0 atom stereocenters. The summed E-state index contributed by atoms with van der Waals surface area (Å²) in [5.74, 6) is -0.0386. The van der Waals surface area contributed by atoms with Gasteiger partial charge in [0.1, 0.15) is 5.75 Å². The van der Waals surface area contributed by atoms with Gasteiger partial charge < -0.3 is 9.47 Å². The van der Waals surface area contributed by atoms with Crippen molar-refractivity contribution in [1.29, 1.82) is 0 Å². The molecule has 0 aliphatic carbocycles. The Bertz CT molecular complexity index is 839. The van der Waals surface area contributed by atoms with Gasteiger partial charge in [-0.3, -0.25) is 14.9 Å². The molecular formula is C16H14BrN3O5. The molecule has 0 bridgehead atoms. The van der Waals surface area contributed by atoms with Crippen LogP contribution in [-0.2, 0) is 0 Å². The fourth-order valence-electron chi connectivity index (χ4n) is 2.02. The van der Waals surface area contributed by atoms with E-state index in [0.717, 1.165) is 0 Å². The van der Waals surface area contributed by atoms with E-state index in [1.165, 1.54) is 32.6 Å². The summed E-state index contributed by atoms with van der Waals surface area (Å²) in [6, 6.07) is 9.51. The zero-order chi connectivity index (χ0) is 18.4. The topological polar surface area (TPSA) is 103 Å². The number of halogens is 1. The largest absolute Gasteiger partial charge is 0.496 e. The standard InChI is InChI=1S/C16H14BrN3O5/c1-24-14-8-15(25-2)13(20(22)23)7-10(14)9-18-19-16(21)11-5-3-4-6-12(11)17/h3-9H,1-2H3,(H,19,21)/b18-9-. The van der Waals surface area contributed by atoms with E-state index in [2.05, 4.69) is 26.5 Å². The van der Waals surface area contributed by atoms with Crippen LogP contribution in [0.25, 0.3) is 0 Å². The number of carbonyl (C=O) groups excluding carboxylic acids is 1. The number of nitro benzene ring substituents is 1. The number of rotatable bonds is 6. The predicted octanol–water partition coefficient (Wildman–Crippen LogP) is 3.14. The molecule has 0 saturated carbocycles. The highest BCUT2D eigenvalue weighted by atomic mass is 79.9. The number of hydrazone groups is 1. The third-order valence-electron chi connectivity index (χ3n) is 3.22. The molecule has 2 rings (SSSR count). The maximum Gasteiger partial charge on any atom is 0.311 e. The van der Waals surface area contributed by atoms with Crippen LogP contribution in [0.2, 0.25) is 0 Å². The third-order valence-corrected chi connectivity index (χ3v) is 3.91. The van der Waals surface area contributed by atoms with Crippen LogP contribution in [-0.4, -0.2) is 31.3 Å². The van der Waals surface area contributed by atoms with Crippen molar-refractivity contribution < 1.29 is 19.2 Å². The first kappa shape index (κ1) is 18.4. The highest BCUT2D eigenvalue weighted by molar-refractivity contribution is 9.10. The average molecular weight is 408 g/mol. The molecule has 0 heterocycles. The minimum absolute atomic E-state index is 0.0660. The average Bonchev–Trinajstić information content (AvgIpc) is 2.61. The molecule has 1 N–H and O–H groups in total. The molecule has 1 amide bonds. The highest BCUT2D eigenvalue weighted by Crippen LogP contribution is 2.33. The van der Waals surface area contributed by atoms with Gasteiger partial charge in [-0.2, -0.15) is 5.10 Å². The summed E-state index contributed by atoms with van der Waals surface area (Å²) in [5.41, 5.74) is 2.86. The molecule has 8 nitrogen and oxygen atoms in total. The molecule has 2 aromatic rings. The van der Waals surface area contributed by atoms with E-state index in [0.29, 0.717) is 21.3 Å². The van der Waals surface area contributed by atoms with Gasteiger partial charge in [-0.15, -0.1) is 0 Å². The third kappa shape index (κ3) is 4.32. The Morgan fingerprint density at radius 2 is 1.92 bits per heavy atom. The monoisotopic (exact) mass is 407 g/mol. The first-order valence-corrected chi connectivity index (χ1v) is 7.75. The minimum atomic E-state index is -0.574. The lowest BCUT2D eigenvalue weighted by atomic mass is 10.1. The second-order valence-corrected chi connectivity index (χ2v) is 5.56. The Balaban J connectivity index is 2.25. The lowest BCUT2D eigenvalue weighted by Gasteiger charge is -2.08. The Hall–Kier alpha value is -2.94. The quantitative estimate of drug-likeness (QED) is 0.450. The molecule has 0 aliphatic rings. The molecule has 0 aromatic heterocycles. The second kappa shape index (κ2) is 8.25. The summed E-state index contributed by atoms with van der Waals surface area (Å²) in [4.78, 5) is 22.6. The summed E-state index contributed by atoms with van der Waals surface area (Å²) >= 11 is 3.28. The van der Waals surface area contributed by atoms with E-state index in [1.807, 2.05) is 0 Å². The fraction of sp³-hybridized carbons (Fsp3) is 0.125. The summed E-state index contributed by atoms with van der Waals surface area (Å²) in [6.45, 7) is 0. The molecule has 25 heavy (non-hydrogen) atoms. The lowest BCUT2D eigenvalue weighted by Crippen LogP contribution is -2.18. The van der Waals surface area contributed by atoms with Crippen LogP contribution in [0.1, 0.15) is 15.9 Å². The van der Waals surface area contributed by atoms with E-state index in [4.69, 9.17) is 9.47 Å². The second-order valence-electron chi connectivity index (χ2n) is 4.70. The van der Waals surface area contributed by atoms with Gasteiger partial charge >= 0.3 is 5.69 Å². The van der Waals surface area contributed by atoms with Gasteiger partial charge in [0.15, 0.2) is 0 Å². The van der Waals surface area contributed by atoms with Gasteiger partial charge in [-0.1, -0.05) is 12.1 Å². The van der Waals surface area contributed by atoms with Crippen LogP contribution in [0.15, 0.2) is 46.0 Å². The normalized spacial score (nSPS) is 10.5. The number of benzene rings is 2. The molecule has 0 unspecified atom stereocenters. The van der Waals surface area contributed by atoms with Crippen molar-refractivity contribution in [3.63, 3.8) is 0 Å². The first-order chi connectivity index (χ1) is 12.0. The molecule has 130 valence electrons. The van der Waals surface area contributed by atoms with Gasteiger partial charge in [0.2, 0.25) is 5.75 Å². The maximum absolute atomic E-state index is 12.1. The van der Waals surface area contributed by atoms with E-state index in [1.54, 1.807) is 24.3 Å². The molecule has 9 heteroatoms. The van der Waals surface area contributed by atoms with Gasteiger partial charge in [-0.25, -0.2) is 5.43 Å². The maximum atomic E-state index is 12.1. The number of carbonyl (C=O) groups is 1. The first-order valence-electron chi connectivity index (χ1n) is 6.96. The van der Waals surface area contributed by atoms with Gasteiger partial charge in [0.25, 0.3) is 5.91 Å². The summed E-state index contributed by atoms with van der Waals surface area (Å²) in [7, 11) is 2.74. The minimum Gasteiger partial charge on any atom is -0.496 e. The Kier molecular flexibility index (Phi) is 6.07. The zero-order valence-electron chi connectivity index (χ0n) is 13.4. The van der Waals surface area contributed by atoms with Crippen LogP contribution in [0.5, 0.6) is 11.5 Å². The number of nitro groups is 1. The van der Waals surface area contributed by atoms with E-state index in [9.17, 15) is 14.9 Å². The van der Waals surface area contributed by atoms with Crippen molar-refractivity contribution in [2.24, 2.45) is 5.10 Å². The Labute approximate surface area is 151 Å². The number of hydrogen-bond acceptors (Lipinski definition) is 6. The van der Waals surface area contributed by atoms with E-state index in [-0.39, 0.29) is 11.4 Å². The Morgan fingerprint density at radius 1 is 1.24 bits per heavy atom. The summed E-state index contributed by atoms with van der Waals surface area (Å²) < 4.78 is 10.8. The predicted molar refractivity (Wildman–Crippen MR) is 95.4 cm³/mol. The molecule has 0 radical (unpaired) electrons. The highest BCUT2D eigenvalue weighted by Gasteiger charge is 2.19. The van der Waals surface area contributed by atoms with Crippen LogP contribution < -0.4 is 14.9 Å². The van der Waals surface area contributed by atoms with Crippen molar-refractivity contribution in [2.45, 2.75) is 0 Å². The van der Waals surface area contributed by atoms with Gasteiger partial charge in [-0.05, 0) is 28.1 Å². The van der Waals surface area contributed by atoms with E-state index < -0.39 is 10.8 Å². The van der Waals surface area contributed by atoms with Crippen molar-refractivity contribution >= 4 is 33.7 Å². The molecule has 0 fully saturated rings. The SMILES string of the molecule is COc1cc(OC)c([N+](=O)[O-])cc1/C=N\NC(=O)c1ccccc1Br. The number of hydrogen-bond donors (Lipinski definition) is 1. The number of amides is 1. The van der Waals surface area contributed by atoms with Crippen molar-refractivity contribution in [3.05, 3.63) is 62.1 Å². The molecule has 0 spiro atoms. The molecular weight excluding hydrogens is 394 g/mol. The zero-order valence-corrected chi connectivity index (χ0v) is 14.9. The van der Waals surface area contributed by atoms with Crippen molar-refractivity contribution in [1.82, 2.24) is 5.43 Å². The number of methoxy groups -OCH3 is 2. The lowest BCUT2D eigenvalue weighted by molar-refractivity contribution is -0.385. The summed E-state index contributed by atoms with van der Waals surface area (Å²) in [5, 5.41) is 14.9. The summed E-state index contributed by atoms with van der Waals surface area (Å²) in [6.07, 6.45) is 1.26.